The molecule has 2 rings (SSSR count). The van der Waals surface area contributed by atoms with Crippen LogP contribution in [0.15, 0.2) is 36.5 Å². The van der Waals surface area contributed by atoms with Gasteiger partial charge in [-0.15, -0.1) is 0 Å². The maximum Gasteiger partial charge on any atom is 0.225 e. The number of ether oxygens (including phenoxy) is 1. The molecular formula is C12H11ClN2O2. The number of benzene rings is 1. The second-order valence-corrected chi connectivity index (χ2v) is 3.72. The zero-order valence-corrected chi connectivity index (χ0v) is 9.76. The van der Waals surface area contributed by atoms with Crippen LogP contribution in [0.4, 0.5) is 0 Å². The zero-order valence-electron chi connectivity index (χ0n) is 9.01. The molecule has 5 heteroatoms. The van der Waals surface area contributed by atoms with E-state index in [1.807, 2.05) is 24.3 Å². The average Bonchev–Trinajstić information content (AvgIpc) is 2.32. The molecule has 1 N–H and O–H groups in total. The lowest BCUT2D eigenvalue weighted by molar-refractivity contribution is 0.299. The van der Waals surface area contributed by atoms with Crippen molar-refractivity contribution in [3.8, 4) is 11.6 Å². The van der Waals surface area contributed by atoms with E-state index in [1.54, 1.807) is 6.07 Å². The second kappa shape index (κ2) is 5.61. The highest BCUT2D eigenvalue weighted by Gasteiger charge is 2.00. The minimum Gasteiger partial charge on any atom is -0.439 e. The molecule has 0 bridgehead atoms. The first kappa shape index (κ1) is 11.8. The van der Waals surface area contributed by atoms with Crippen LogP contribution in [0, 0.1) is 0 Å². The Morgan fingerprint density at radius 2 is 1.94 bits per heavy atom. The van der Waals surface area contributed by atoms with E-state index in [2.05, 4.69) is 9.97 Å². The largest absolute Gasteiger partial charge is 0.439 e. The standard InChI is InChI=1S/C12H11ClN2O2/c13-12-14-7-5-11(15-12)17-10-3-1-9(2-4-10)6-8-16/h1-5,7,16H,6,8H2. The monoisotopic (exact) mass is 250 g/mol. The Morgan fingerprint density at radius 1 is 1.18 bits per heavy atom. The normalized spacial score (nSPS) is 10.2. The van der Waals surface area contributed by atoms with E-state index in [1.165, 1.54) is 6.20 Å². The van der Waals surface area contributed by atoms with Crippen LogP contribution in [0.1, 0.15) is 5.56 Å². The van der Waals surface area contributed by atoms with Crippen molar-refractivity contribution in [3.05, 3.63) is 47.4 Å². The van der Waals surface area contributed by atoms with Crippen LogP contribution in [0.5, 0.6) is 11.6 Å². The number of aromatic nitrogens is 2. The number of aliphatic hydroxyl groups excluding tert-OH is 1. The molecule has 0 fully saturated rings. The van der Waals surface area contributed by atoms with E-state index in [9.17, 15) is 0 Å². The number of aliphatic hydroxyl groups is 1. The highest BCUT2D eigenvalue weighted by molar-refractivity contribution is 6.28. The topological polar surface area (TPSA) is 55.2 Å². The number of hydrogen-bond donors (Lipinski definition) is 1. The molecule has 88 valence electrons. The Morgan fingerprint density at radius 3 is 2.59 bits per heavy atom. The van der Waals surface area contributed by atoms with Gasteiger partial charge in [-0.05, 0) is 35.7 Å². The Balaban J connectivity index is 2.08. The quantitative estimate of drug-likeness (QED) is 0.847. The molecule has 17 heavy (non-hydrogen) atoms. The molecule has 0 aliphatic rings. The van der Waals surface area contributed by atoms with E-state index in [4.69, 9.17) is 21.4 Å². The lowest BCUT2D eigenvalue weighted by Gasteiger charge is -2.05. The number of hydrogen-bond acceptors (Lipinski definition) is 4. The van der Waals surface area contributed by atoms with Crippen LogP contribution in [-0.4, -0.2) is 21.7 Å². The molecule has 1 aromatic carbocycles. The van der Waals surface area contributed by atoms with E-state index in [0.717, 1.165) is 5.56 Å². The summed E-state index contributed by atoms with van der Waals surface area (Å²) >= 11 is 5.65. The first-order valence-corrected chi connectivity index (χ1v) is 5.52. The molecule has 0 spiro atoms. The molecule has 1 heterocycles. The van der Waals surface area contributed by atoms with Crippen LogP contribution >= 0.6 is 11.6 Å². The smallest absolute Gasteiger partial charge is 0.225 e. The predicted octanol–water partition coefficient (Wildman–Crippen LogP) is 2.46. The van der Waals surface area contributed by atoms with Gasteiger partial charge in [0.1, 0.15) is 5.75 Å². The Kier molecular flexibility index (Phi) is 3.90. The summed E-state index contributed by atoms with van der Waals surface area (Å²) in [6, 6.07) is 9.07. The fraction of sp³-hybridized carbons (Fsp3) is 0.167. The van der Waals surface area contributed by atoms with Gasteiger partial charge in [-0.2, -0.15) is 4.98 Å². The van der Waals surface area contributed by atoms with E-state index < -0.39 is 0 Å². The Bertz CT molecular complexity index is 488. The summed E-state index contributed by atoms with van der Waals surface area (Å²) in [7, 11) is 0. The van der Waals surface area contributed by atoms with Crippen molar-refractivity contribution in [1.82, 2.24) is 9.97 Å². The van der Waals surface area contributed by atoms with Crippen molar-refractivity contribution in [3.63, 3.8) is 0 Å². The van der Waals surface area contributed by atoms with Gasteiger partial charge < -0.3 is 9.84 Å². The fourth-order valence-corrected chi connectivity index (χ4v) is 1.49. The van der Waals surface area contributed by atoms with E-state index in [-0.39, 0.29) is 11.9 Å². The molecule has 0 saturated carbocycles. The number of rotatable bonds is 4. The minimum absolute atomic E-state index is 0.141. The first-order valence-electron chi connectivity index (χ1n) is 5.14. The van der Waals surface area contributed by atoms with Gasteiger partial charge in [-0.3, -0.25) is 0 Å². The molecule has 0 radical (unpaired) electrons. The van der Waals surface area contributed by atoms with Gasteiger partial charge in [0.05, 0.1) is 0 Å². The summed E-state index contributed by atoms with van der Waals surface area (Å²) < 4.78 is 5.49. The molecule has 0 saturated heterocycles. The van der Waals surface area contributed by atoms with Crippen molar-refractivity contribution < 1.29 is 9.84 Å². The van der Waals surface area contributed by atoms with Gasteiger partial charge >= 0.3 is 0 Å². The van der Waals surface area contributed by atoms with Gasteiger partial charge in [0.2, 0.25) is 11.2 Å². The molecule has 0 atom stereocenters. The number of nitrogens with zero attached hydrogens (tertiary/aromatic N) is 2. The average molecular weight is 251 g/mol. The van der Waals surface area contributed by atoms with Crippen molar-refractivity contribution in [2.75, 3.05) is 6.61 Å². The second-order valence-electron chi connectivity index (χ2n) is 3.38. The molecule has 0 aliphatic carbocycles. The molecule has 4 nitrogen and oxygen atoms in total. The maximum absolute atomic E-state index is 8.79. The maximum atomic E-state index is 8.79. The first-order chi connectivity index (χ1) is 8.28. The van der Waals surface area contributed by atoms with Crippen molar-refractivity contribution in [2.45, 2.75) is 6.42 Å². The third kappa shape index (κ3) is 3.41. The molecular weight excluding hydrogens is 240 g/mol. The van der Waals surface area contributed by atoms with Crippen LogP contribution in [0.25, 0.3) is 0 Å². The van der Waals surface area contributed by atoms with Crippen LogP contribution in [0.3, 0.4) is 0 Å². The summed E-state index contributed by atoms with van der Waals surface area (Å²) in [5.74, 6) is 1.07. The molecule has 0 amide bonds. The van der Waals surface area contributed by atoms with Gasteiger partial charge in [0.15, 0.2) is 0 Å². The van der Waals surface area contributed by atoms with Crippen LogP contribution < -0.4 is 4.74 Å². The highest BCUT2D eigenvalue weighted by atomic mass is 35.5. The highest BCUT2D eigenvalue weighted by Crippen LogP contribution is 2.20. The van der Waals surface area contributed by atoms with Crippen molar-refractivity contribution >= 4 is 11.6 Å². The third-order valence-corrected chi connectivity index (χ3v) is 2.33. The lowest BCUT2D eigenvalue weighted by atomic mass is 10.1. The molecule has 1 aromatic heterocycles. The van der Waals surface area contributed by atoms with E-state index in [0.29, 0.717) is 18.1 Å². The summed E-state index contributed by atoms with van der Waals surface area (Å²) in [6.07, 6.45) is 2.17. The van der Waals surface area contributed by atoms with Crippen molar-refractivity contribution in [2.24, 2.45) is 0 Å². The van der Waals surface area contributed by atoms with Gasteiger partial charge in [0.25, 0.3) is 0 Å². The predicted molar refractivity (Wildman–Crippen MR) is 64.3 cm³/mol. The third-order valence-electron chi connectivity index (χ3n) is 2.15. The van der Waals surface area contributed by atoms with Gasteiger partial charge in [-0.1, -0.05) is 12.1 Å². The van der Waals surface area contributed by atoms with Gasteiger partial charge in [-0.25, -0.2) is 4.98 Å². The summed E-state index contributed by atoms with van der Waals surface area (Å²) in [5, 5.41) is 8.94. The minimum atomic E-state index is 0.141. The molecule has 0 unspecified atom stereocenters. The van der Waals surface area contributed by atoms with Crippen molar-refractivity contribution in [1.29, 1.82) is 0 Å². The van der Waals surface area contributed by atoms with Crippen LogP contribution in [0.2, 0.25) is 5.28 Å². The summed E-state index contributed by atoms with van der Waals surface area (Å²) in [6.45, 7) is 0.141. The molecule has 0 aliphatic heterocycles. The fourth-order valence-electron chi connectivity index (χ4n) is 1.35. The SMILES string of the molecule is OCCc1ccc(Oc2ccnc(Cl)n2)cc1. The number of halogens is 1. The van der Waals surface area contributed by atoms with Gasteiger partial charge in [0, 0.05) is 18.9 Å². The summed E-state index contributed by atoms with van der Waals surface area (Å²) in [5.41, 5.74) is 1.06. The molecule has 2 aromatic rings. The van der Waals surface area contributed by atoms with E-state index >= 15 is 0 Å². The van der Waals surface area contributed by atoms with Crippen LogP contribution in [-0.2, 0) is 6.42 Å². The Labute approximate surface area is 104 Å². The lowest BCUT2D eigenvalue weighted by Crippen LogP contribution is -1.92. The summed E-state index contributed by atoms with van der Waals surface area (Å²) in [4.78, 5) is 7.69. The Hall–Kier alpha value is -1.65. The zero-order chi connectivity index (χ0) is 12.1.